The second-order valence-electron chi connectivity index (χ2n) is 10.9. The van der Waals surface area contributed by atoms with Crippen LogP contribution in [0.5, 0.6) is 0 Å². The Morgan fingerprint density at radius 2 is 1.71 bits per heavy atom. The predicted octanol–water partition coefficient (Wildman–Crippen LogP) is 7.10. The Balaban J connectivity index is 0.000000326. The van der Waals surface area contributed by atoms with Gasteiger partial charge in [-0.1, -0.05) is 50.6 Å². The summed E-state index contributed by atoms with van der Waals surface area (Å²) in [6.45, 7) is 10.1. The second-order valence-corrected chi connectivity index (χ2v) is 10.9. The predicted molar refractivity (Wildman–Crippen MR) is 178 cm³/mol. The van der Waals surface area contributed by atoms with Gasteiger partial charge in [0.05, 0.1) is 0 Å². The fourth-order valence-electron chi connectivity index (χ4n) is 6.08. The van der Waals surface area contributed by atoms with Crippen molar-refractivity contribution in [2.75, 3.05) is 26.6 Å². The SMILES string of the molecule is CC.CCc1ncnn1C.CCl.CO.Cc1ccc2c(c1)CCC21CCN(C=O)CC1.O=C1CCC(c2ccc(F)cc2F)C1. The topological polar surface area (TPSA) is 88.3 Å². The monoisotopic (exact) mass is 648 g/mol. The number of fused-ring (bicyclic) bond motifs is 2. The summed E-state index contributed by atoms with van der Waals surface area (Å²) in [7, 11) is 2.89. The summed E-state index contributed by atoms with van der Waals surface area (Å²) in [5.74, 6) is 0.0344. The van der Waals surface area contributed by atoms with E-state index in [1.807, 2.05) is 25.8 Å². The number of ketones is 1. The van der Waals surface area contributed by atoms with Crippen LogP contribution in [0.25, 0.3) is 0 Å². The van der Waals surface area contributed by atoms with Gasteiger partial charge >= 0.3 is 0 Å². The molecule has 1 N–H and O–H groups in total. The van der Waals surface area contributed by atoms with Crippen LogP contribution in [0.4, 0.5) is 8.78 Å². The molecule has 250 valence electrons. The normalized spacial score (nSPS) is 17.0. The van der Waals surface area contributed by atoms with Gasteiger partial charge in [-0.05, 0) is 73.1 Å². The number of carbonyl (C=O) groups excluding carboxylic acids is 2. The van der Waals surface area contributed by atoms with Gasteiger partial charge in [-0.2, -0.15) is 5.10 Å². The van der Waals surface area contributed by atoms with Crippen LogP contribution in [-0.2, 0) is 34.9 Å². The number of alkyl halides is 1. The molecule has 45 heavy (non-hydrogen) atoms. The molecule has 3 aromatic rings. The number of aryl methyl sites for hydroxylation is 4. The number of benzene rings is 2. The lowest BCUT2D eigenvalue weighted by atomic mass is 9.74. The lowest BCUT2D eigenvalue weighted by molar-refractivity contribution is -0.119. The van der Waals surface area contributed by atoms with E-state index in [4.69, 9.17) is 5.11 Å². The van der Waals surface area contributed by atoms with E-state index in [0.717, 1.165) is 57.8 Å². The molecule has 1 unspecified atom stereocenters. The molecule has 2 fully saturated rings. The third-order valence-corrected chi connectivity index (χ3v) is 8.38. The fraction of sp³-hybridized carbons (Fsp3) is 0.543. The number of aromatic nitrogens is 3. The maximum absolute atomic E-state index is 13.3. The van der Waals surface area contributed by atoms with E-state index in [9.17, 15) is 18.4 Å². The molecule has 2 aliphatic carbocycles. The first-order chi connectivity index (χ1) is 21.7. The van der Waals surface area contributed by atoms with Crippen molar-refractivity contribution < 1.29 is 23.5 Å². The van der Waals surface area contributed by atoms with Crippen molar-refractivity contribution >= 4 is 23.8 Å². The zero-order valence-electron chi connectivity index (χ0n) is 28.0. The van der Waals surface area contributed by atoms with Crippen molar-refractivity contribution in [1.29, 1.82) is 0 Å². The van der Waals surface area contributed by atoms with Crippen LogP contribution >= 0.6 is 11.6 Å². The lowest BCUT2D eigenvalue weighted by Gasteiger charge is -2.38. The smallest absolute Gasteiger partial charge is 0.209 e. The van der Waals surface area contributed by atoms with Crippen molar-refractivity contribution in [2.24, 2.45) is 7.05 Å². The Morgan fingerprint density at radius 1 is 1.04 bits per heavy atom. The van der Waals surface area contributed by atoms with Gasteiger partial charge in [0.15, 0.2) is 0 Å². The van der Waals surface area contributed by atoms with Gasteiger partial charge in [-0.3, -0.25) is 14.3 Å². The minimum atomic E-state index is -0.574. The summed E-state index contributed by atoms with van der Waals surface area (Å²) >= 11 is 4.64. The molecule has 2 aromatic carbocycles. The molecule has 2 heterocycles. The molecule has 1 amide bonds. The Hall–Kier alpha value is -3.17. The zero-order chi connectivity index (χ0) is 34.0. The summed E-state index contributed by atoms with van der Waals surface area (Å²) in [5, 5.41) is 10.9. The summed E-state index contributed by atoms with van der Waals surface area (Å²) in [6, 6.07) is 10.5. The van der Waals surface area contributed by atoms with Crippen molar-refractivity contribution in [3.8, 4) is 0 Å². The van der Waals surface area contributed by atoms with E-state index in [2.05, 4.69) is 53.7 Å². The number of rotatable bonds is 3. The van der Waals surface area contributed by atoms with Crippen molar-refractivity contribution in [2.45, 2.75) is 90.4 Å². The van der Waals surface area contributed by atoms with E-state index < -0.39 is 11.6 Å². The minimum absolute atomic E-state index is 0.0527. The molecule has 1 atom stereocenters. The average molecular weight is 649 g/mol. The number of amides is 1. The third kappa shape index (κ3) is 11.3. The van der Waals surface area contributed by atoms with Gasteiger partial charge in [0, 0.05) is 59.0 Å². The van der Waals surface area contributed by atoms with Gasteiger partial charge in [0.25, 0.3) is 0 Å². The van der Waals surface area contributed by atoms with Gasteiger partial charge in [0.2, 0.25) is 6.41 Å². The number of likely N-dealkylation sites (tertiary alicyclic amines) is 1. The van der Waals surface area contributed by atoms with Crippen LogP contribution in [0.3, 0.4) is 0 Å². The summed E-state index contributed by atoms with van der Waals surface area (Å²) in [6.07, 6.45) is 11.4. The number of aliphatic hydroxyl groups is 1. The quantitative estimate of drug-likeness (QED) is 0.242. The lowest BCUT2D eigenvalue weighted by Crippen LogP contribution is -2.40. The Kier molecular flexibility index (Phi) is 18.4. The van der Waals surface area contributed by atoms with Crippen LogP contribution in [0.2, 0.25) is 0 Å². The number of carbonyl (C=O) groups is 2. The van der Waals surface area contributed by atoms with E-state index in [-0.39, 0.29) is 11.7 Å². The molecule has 1 aromatic heterocycles. The molecule has 0 radical (unpaired) electrons. The Morgan fingerprint density at radius 3 is 2.20 bits per heavy atom. The number of aliphatic hydroxyl groups excluding tert-OH is 1. The van der Waals surface area contributed by atoms with Crippen molar-refractivity contribution in [3.63, 3.8) is 0 Å². The summed E-state index contributed by atoms with van der Waals surface area (Å²) in [5.41, 5.74) is 5.32. The summed E-state index contributed by atoms with van der Waals surface area (Å²) < 4.78 is 27.7. The standard InChI is InChI=1S/C15H19NO.C11H10F2O.C5H9N3.C2H6.CH3Cl.CH4O/c1-12-2-3-14-13(10-12)4-5-15(14)6-8-16(11-17)9-7-15;12-8-2-4-10(11(13)6-8)7-1-3-9(14)5-7;1-3-5-6-4-7-8(5)2;3*1-2/h2-3,10-11H,4-9H2,1H3;2,4,6-7H,1,3,5H2;4H,3H2,1-2H3;1-2H3;1H3;2H,1H3. The highest BCUT2D eigenvalue weighted by Gasteiger charge is 2.40. The zero-order valence-corrected chi connectivity index (χ0v) is 28.7. The van der Waals surface area contributed by atoms with Gasteiger partial charge in [-0.15, -0.1) is 11.6 Å². The molecular weight excluding hydrogens is 598 g/mol. The number of piperidine rings is 1. The number of hydrogen-bond acceptors (Lipinski definition) is 5. The first-order valence-electron chi connectivity index (χ1n) is 15.7. The Labute approximate surface area is 273 Å². The largest absolute Gasteiger partial charge is 0.400 e. The van der Waals surface area contributed by atoms with Crippen molar-refractivity contribution in [1.82, 2.24) is 19.7 Å². The number of nitrogens with zero attached hydrogens (tertiary/aromatic N) is 4. The molecule has 3 aliphatic rings. The van der Waals surface area contributed by atoms with E-state index in [1.165, 1.54) is 36.9 Å². The number of hydrogen-bond donors (Lipinski definition) is 1. The van der Waals surface area contributed by atoms with E-state index in [0.29, 0.717) is 30.2 Å². The van der Waals surface area contributed by atoms with Crippen LogP contribution in [0.15, 0.2) is 42.7 Å². The molecule has 1 saturated carbocycles. The van der Waals surface area contributed by atoms with E-state index in [1.54, 1.807) is 22.1 Å². The van der Waals surface area contributed by atoms with Gasteiger partial charge in [0.1, 0.15) is 29.6 Å². The third-order valence-electron chi connectivity index (χ3n) is 8.38. The molecular formula is C35H51ClF2N4O3. The first kappa shape index (κ1) is 39.9. The Bertz CT molecular complexity index is 1310. The average Bonchev–Trinajstić information content (AvgIpc) is 3.79. The molecule has 1 spiro atoms. The molecule has 1 saturated heterocycles. The highest BCUT2D eigenvalue weighted by Crippen LogP contribution is 2.46. The highest BCUT2D eigenvalue weighted by atomic mass is 35.5. The van der Waals surface area contributed by atoms with E-state index >= 15 is 0 Å². The van der Waals surface area contributed by atoms with Crippen molar-refractivity contribution in [3.05, 3.63) is 82.4 Å². The molecule has 0 bridgehead atoms. The number of halogens is 3. The first-order valence-corrected chi connectivity index (χ1v) is 16.4. The molecule has 6 rings (SSSR count). The summed E-state index contributed by atoms with van der Waals surface area (Å²) in [4.78, 5) is 27.7. The fourth-order valence-corrected chi connectivity index (χ4v) is 6.08. The van der Waals surface area contributed by atoms with Crippen LogP contribution in [-0.4, -0.2) is 63.5 Å². The number of Topliss-reactive ketones (excluding diaryl/α,β-unsaturated/α-hetero) is 1. The minimum Gasteiger partial charge on any atom is -0.400 e. The maximum Gasteiger partial charge on any atom is 0.209 e. The van der Waals surface area contributed by atoms with Crippen LogP contribution in [0.1, 0.15) is 93.3 Å². The highest BCUT2D eigenvalue weighted by molar-refractivity contribution is 6.15. The van der Waals surface area contributed by atoms with Crippen LogP contribution < -0.4 is 0 Å². The van der Waals surface area contributed by atoms with Crippen LogP contribution in [0, 0.1) is 18.6 Å². The molecule has 1 aliphatic heterocycles. The molecule has 10 heteroatoms. The van der Waals surface area contributed by atoms with Gasteiger partial charge < -0.3 is 10.0 Å². The second kappa shape index (κ2) is 20.8. The van der Waals surface area contributed by atoms with Gasteiger partial charge in [-0.25, -0.2) is 13.8 Å². The molecule has 7 nitrogen and oxygen atoms in total. The maximum atomic E-state index is 13.3.